The number of hydrogen-bond donors (Lipinski definition) is 2. The Hall–Kier alpha value is -0.280. The van der Waals surface area contributed by atoms with Crippen molar-refractivity contribution in [2.75, 3.05) is 6.54 Å². The Balaban J connectivity index is 1.94. The van der Waals surface area contributed by atoms with Gasteiger partial charge in [0.1, 0.15) is 0 Å². The molecular formula is C15H19Cl2NO. The SMILES string of the molecule is O[C@]12CCCC[C@H]1[C@H](c1ccc(Cl)cc1Cl)NCC2. The van der Waals surface area contributed by atoms with Crippen LogP contribution in [0.5, 0.6) is 0 Å². The van der Waals surface area contributed by atoms with Crippen molar-refractivity contribution >= 4 is 23.2 Å². The van der Waals surface area contributed by atoms with Crippen LogP contribution in [0, 0.1) is 5.92 Å². The third kappa shape index (κ3) is 2.52. The minimum absolute atomic E-state index is 0.142. The second kappa shape index (κ2) is 5.25. The van der Waals surface area contributed by atoms with Crippen molar-refractivity contribution in [2.45, 2.75) is 43.7 Å². The number of piperidine rings is 1. The van der Waals surface area contributed by atoms with Gasteiger partial charge in [0.15, 0.2) is 0 Å². The van der Waals surface area contributed by atoms with Crippen molar-refractivity contribution in [1.82, 2.24) is 5.32 Å². The van der Waals surface area contributed by atoms with Crippen LogP contribution < -0.4 is 5.32 Å². The predicted molar refractivity (Wildman–Crippen MR) is 78.7 cm³/mol. The van der Waals surface area contributed by atoms with Gasteiger partial charge in [0.05, 0.1) is 5.60 Å². The first-order chi connectivity index (χ1) is 9.10. The van der Waals surface area contributed by atoms with Crippen LogP contribution in [0.2, 0.25) is 10.0 Å². The first kappa shape index (κ1) is 13.7. The summed E-state index contributed by atoms with van der Waals surface area (Å²) in [5.41, 5.74) is 0.549. The van der Waals surface area contributed by atoms with Crippen molar-refractivity contribution in [3.8, 4) is 0 Å². The average Bonchev–Trinajstić information content (AvgIpc) is 2.37. The summed E-state index contributed by atoms with van der Waals surface area (Å²) in [7, 11) is 0. The smallest absolute Gasteiger partial charge is 0.0706 e. The topological polar surface area (TPSA) is 32.3 Å². The third-order valence-electron chi connectivity index (χ3n) is 4.69. The van der Waals surface area contributed by atoms with Gasteiger partial charge < -0.3 is 10.4 Å². The van der Waals surface area contributed by atoms with Gasteiger partial charge in [0.25, 0.3) is 0 Å². The molecule has 1 aromatic carbocycles. The zero-order chi connectivity index (χ0) is 13.5. The van der Waals surface area contributed by atoms with Crippen molar-refractivity contribution in [3.63, 3.8) is 0 Å². The minimum Gasteiger partial charge on any atom is -0.389 e. The van der Waals surface area contributed by atoms with Crippen molar-refractivity contribution < 1.29 is 5.11 Å². The van der Waals surface area contributed by atoms with E-state index in [1.165, 1.54) is 6.42 Å². The van der Waals surface area contributed by atoms with Gasteiger partial charge in [-0.2, -0.15) is 0 Å². The first-order valence-corrected chi connectivity index (χ1v) is 7.76. The third-order valence-corrected chi connectivity index (χ3v) is 5.25. The Morgan fingerprint density at radius 2 is 2.05 bits per heavy atom. The number of fused-ring (bicyclic) bond motifs is 1. The van der Waals surface area contributed by atoms with Crippen LogP contribution >= 0.6 is 23.2 Å². The Labute approximate surface area is 124 Å². The van der Waals surface area contributed by atoms with Crippen LogP contribution in [0.3, 0.4) is 0 Å². The number of hydrogen-bond acceptors (Lipinski definition) is 2. The predicted octanol–water partition coefficient (Wildman–Crippen LogP) is 3.95. The molecule has 2 aliphatic rings. The molecule has 1 saturated heterocycles. The zero-order valence-corrected chi connectivity index (χ0v) is 12.3. The van der Waals surface area contributed by atoms with Gasteiger partial charge in [-0.15, -0.1) is 0 Å². The molecule has 1 aliphatic heterocycles. The van der Waals surface area contributed by atoms with E-state index in [0.29, 0.717) is 10.0 Å². The normalized spacial score (nSPS) is 34.9. The molecule has 2 N–H and O–H groups in total. The molecular weight excluding hydrogens is 281 g/mol. The average molecular weight is 300 g/mol. The molecule has 4 heteroatoms. The summed E-state index contributed by atoms with van der Waals surface area (Å²) in [6.07, 6.45) is 5.15. The minimum atomic E-state index is -0.517. The number of aliphatic hydroxyl groups is 1. The summed E-state index contributed by atoms with van der Waals surface area (Å²) >= 11 is 12.3. The van der Waals surface area contributed by atoms with Crippen LogP contribution in [0.15, 0.2) is 18.2 Å². The summed E-state index contributed by atoms with van der Waals surface area (Å²) in [6, 6.07) is 5.80. The molecule has 0 spiro atoms. The molecule has 1 aliphatic carbocycles. The molecule has 0 unspecified atom stereocenters. The number of halogens is 2. The second-order valence-corrected chi connectivity index (χ2v) is 6.65. The highest BCUT2D eigenvalue weighted by atomic mass is 35.5. The molecule has 3 atom stereocenters. The molecule has 2 nitrogen and oxygen atoms in total. The first-order valence-electron chi connectivity index (χ1n) is 7.01. The van der Waals surface area contributed by atoms with E-state index in [-0.39, 0.29) is 12.0 Å². The van der Waals surface area contributed by atoms with E-state index < -0.39 is 5.60 Å². The maximum atomic E-state index is 10.9. The van der Waals surface area contributed by atoms with E-state index in [4.69, 9.17) is 23.2 Å². The van der Waals surface area contributed by atoms with Crippen molar-refractivity contribution in [2.24, 2.45) is 5.92 Å². The molecule has 19 heavy (non-hydrogen) atoms. The van der Waals surface area contributed by atoms with E-state index in [2.05, 4.69) is 5.32 Å². The largest absolute Gasteiger partial charge is 0.389 e. The van der Waals surface area contributed by atoms with Crippen LogP contribution in [0.1, 0.15) is 43.7 Å². The lowest BCUT2D eigenvalue weighted by molar-refractivity contribution is -0.0861. The van der Waals surface area contributed by atoms with Gasteiger partial charge in [-0.1, -0.05) is 42.1 Å². The summed E-state index contributed by atoms with van der Waals surface area (Å²) in [5, 5.41) is 15.7. The van der Waals surface area contributed by atoms with Crippen molar-refractivity contribution in [1.29, 1.82) is 0 Å². The molecule has 104 valence electrons. The highest BCUT2D eigenvalue weighted by Crippen LogP contribution is 2.46. The monoisotopic (exact) mass is 299 g/mol. The highest BCUT2D eigenvalue weighted by molar-refractivity contribution is 6.35. The Morgan fingerprint density at radius 1 is 1.21 bits per heavy atom. The summed E-state index contributed by atoms with van der Waals surface area (Å²) in [6.45, 7) is 0.844. The molecule has 1 aromatic rings. The Kier molecular flexibility index (Phi) is 3.78. The standard InChI is InChI=1S/C15H19Cl2NO/c16-10-4-5-11(13(17)9-10)14-12-3-1-2-6-15(12,19)7-8-18-14/h4-5,9,12,14,18-19H,1-3,6-8H2/t12-,14-,15-/m0/s1. The van der Waals surface area contributed by atoms with Gasteiger partial charge in [-0.05, 0) is 43.5 Å². The summed E-state index contributed by atoms with van der Waals surface area (Å²) in [5.74, 6) is 0.258. The van der Waals surface area contributed by atoms with Gasteiger partial charge in [0.2, 0.25) is 0 Å². The Bertz CT molecular complexity index is 475. The zero-order valence-electron chi connectivity index (χ0n) is 10.8. The molecule has 0 aromatic heterocycles. The lowest BCUT2D eigenvalue weighted by atomic mass is 9.67. The maximum Gasteiger partial charge on any atom is 0.0706 e. The van der Waals surface area contributed by atoms with Crippen molar-refractivity contribution in [3.05, 3.63) is 33.8 Å². The maximum absolute atomic E-state index is 10.9. The molecule has 2 fully saturated rings. The lowest BCUT2D eigenvalue weighted by Crippen LogP contribution is -2.53. The van der Waals surface area contributed by atoms with Crippen LogP contribution in [0.4, 0.5) is 0 Å². The summed E-state index contributed by atoms with van der Waals surface area (Å²) in [4.78, 5) is 0. The summed E-state index contributed by atoms with van der Waals surface area (Å²) < 4.78 is 0. The lowest BCUT2D eigenvalue weighted by Gasteiger charge is -2.48. The van der Waals surface area contributed by atoms with E-state index in [1.807, 2.05) is 12.1 Å². The number of benzene rings is 1. The van der Waals surface area contributed by atoms with E-state index in [9.17, 15) is 5.11 Å². The molecule has 1 heterocycles. The van der Waals surface area contributed by atoms with Crippen LogP contribution in [0.25, 0.3) is 0 Å². The fourth-order valence-electron chi connectivity index (χ4n) is 3.70. The fourth-order valence-corrected chi connectivity index (χ4v) is 4.23. The molecule has 0 amide bonds. The number of nitrogens with one attached hydrogen (secondary N) is 1. The van der Waals surface area contributed by atoms with Gasteiger partial charge in [0, 0.05) is 22.0 Å². The van der Waals surface area contributed by atoms with E-state index >= 15 is 0 Å². The van der Waals surface area contributed by atoms with Crippen LogP contribution in [-0.2, 0) is 0 Å². The number of rotatable bonds is 1. The quantitative estimate of drug-likeness (QED) is 0.823. The molecule has 0 radical (unpaired) electrons. The molecule has 3 rings (SSSR count). The second-order valence-electron chi connectivity index (χ2n) is 5.80. The van der Waals surface area contributed by atoms with Gasteiger partial charge in [-0.3, -0.25) is 0 Å². The van der Waals surface area contributed by atoms with Gasteiger partial charge >= 0.3 is 0 Å². The fraction of sp³-hybridized carbons (Fsp3) is 0.600. The van der Waals surface area contributed by atoms with E-state index in [1.54, 1.807) is 6.07 Å². The van der Waals surface area contributed by atoms with Crippen LogP contribution in [-0.4, -0.2) is 17.3 Å². The van der Waals surface area contributed by atoms with E-state index in [0.717, 1.165) is 37.8 Å². The molecule has 1 saturated carbocycles. The Morgan fingerprint density at radius 3 is 2.84 bits per heavy atom. The molecule has 0 bridgehead atoms. The highest BCUT2D eigenvalue weighted by Gasteiger charge is 2.46. The van der Waals surface area contributed by atoms with Gasteiger partial charge in [-0.25, -0.2) is 0 Å².